The second-order valence-corrected chi connectivity index (χ2v) is 21.4. The van der Waals surface area contributed by atoms with Crippen LogP contribution in [0, 0.1) is 34.3 Å². The summed E-state index contributed by atoms with van der Waals surface area (Å²) in [6, 6.07) is 7.85. The Morgan fingerprint density at radius 2 is 1.43 bits per heavy atom. The number of ether oxygens (including phenoxy) is 2. The number of aromatic nitrogens is 3. The molecule has 2 aromatic heterocycles. The SMILES string of the molecule is COC(=O)N[C@H](C(=O)N[C@@H](Cc1ccc(C#Cc2ccc(N3C[C@H]4C[C@@H]3CN4C3COC3)nc2)cc1)[C@@H](O)CN(Cc1c(F)cc(-c2ccn(C3CC3)n2)cc1F)NC(=O)[C@@H](NC(=O)O)C(C)(C)C(F)(F)F)C(C)(C)C(F)(F)F. The van der Waals surface area contributed by atoms with Crippen LogP contribution in [0.15, 0.2) is 67.0 Å². The van der Waals surface area contributed by atoms with E-state index in [2.05, 4.69) is 41.8 Å². The van der Waals surface area contributed by atoms with Gasteiger partial charge in [0.25, 0.3) is 5.91 Å². The lowest BCUT2D eigenvalue weighted by Gasteiger charge is -2.42. The maximum absolute atomic E-state index is 16.1. The molecule has 18 nitrogen and oxygen atoms in total. The molecule has 0 spiro atoms. The van der Waals surface area contributed by atoms with Crippen molar-refractivity contribution < 1.29 is 74.0 Å². The Balaban J connectivity index is 1.07. The number of nitrogens with one attached hydrogen (secondary N) is 4. The maximum atomic E-state index is 16.1. The predicted octanol–water partition coefficient (Wildman–Crippen LogP) is 6.08. The fourth-order valence-corrected chi connectivity index (χ4v) is 9.77. The van der Waals surface area contributed by atoms with Gasteiger partial charge in [0.2, 0.25) is 5.91 Å². The van der Waals surface area contributed by atoms with E-state index in [4.69, 9.17) is 4.74 Å². The molecule has 6 N–H and O–H groups in total. The predicted molar refractivity (Wildman–Crippen MR) is 268 cm³/mol. The molecule has 1 saturated carbocycles. The number of pyridine rings is 1. The molecule has 426 valence electrons. The van der Waals surface area contributed by atoms with E-state index in [0.29, 0.717) is 67.5 Å². The third kappa shape index (κ3) is 13.2. The molecular weight excluding hydrogens is 1060 g/mol. The summed E-state index contributed by atoms with van der Waals surface area (Å²) < 4.78 is 131. The minimum absolute atomic E-state index is 0.00880. The number of carbonyl (C=O) groups is 4. The van der Waals surface area contributed by atoms with Crippen LogP contribution in [0.2, 0.25) is 0 Å². The zero-order valence-corrected chi connectivity index (χ0v) is 43.6. The second kappa shape index (κ2) is 22.9. The number of carboxylic acid groups (broad SMARTS) is 1. The number of carbonyl (C=O) groups excluding carboxylic acids is 3. The molecule has 8 rings (SSSR count). The monoisotopic (exact) mass is 1120 g/mol. The smallest absolute Gasteiger partial charge is 0.407 e. The van der Waals surface area contributed by atoms with E-state index in [9.17, 15) is 55.7 Å². The van der Waals surface area contributed by atoms with Crippen LogP contribution in [0.5, 0.6) is 0 Å². The van der Waals surface area contributed by atoms with Crippen LogP contribution >= 0.6 is 0 Å². The fraction of sp³-hybridized carbons (Fsp3) is 0.509. The average molecular weight is 1120 g/mol. The average Bonchev–Trinajstić information content (AvgIpc) is 3.95. The molecule has 4 amide bonds. The number of anilines is 1. The lowest BCUT2D eigenvalue weighted by molar-refractivity contribution is -0.221. The summed E-state index contributed by atoms with van der Waals surface area (Å²) in [4.78, 5) is 61.7. The van der Waals surface area contributed by atoms with Gasteiger partial charge in [-0.2, -0.15) is 31.4 Å². The zero-order valence-electron chi connectivity index (χ0n) is 43.6. The van der Waals surface area contributed by atoms with Gasteiger partial charge in [-0.1, -0.05) is 24.0 Å². The molecule has 3 aliphatic heterocycles. The highest BCUT2D eigenvalue weighted by molar-refractivity contribution is 5.87. The Labute approximate surface area is 449 Å². The van der Waals surface area contributed by atoms with E-state index >= 15 is 8.78 Å². The maximum Gasteiger partial charge on any atom is 0.407 e. The normalized spacial score (nSPS) is 19.4. The van der Waals surface area contributed by atoms with Crippen LogP contribution < -0.4 is 26.3 Å². The van der Waals surface area contributed by atoms with Gasteiger partial charge >= 0.3 is 24.5 Å². The number of alkyl halides is 6. The number of hydrogen-bond acceptors (Lipinski definition) is 12. The first-order chi connectivity index (χ1) is 37.1. The van der Waals surface area contributed by atoms with Crippen molar-refractivity contribution in [1.82, 2.24) is 46.0 Å². The van der Waals surface area contributed by atoms with Gasteiger partial charge in [-0.15, -0.1) is 0 Å². The van der Waals surface area contributed by atoms with Gasteiger partial charge in [-0.05, 0) is 101 Å². The summed E-state index contributed by atoms with van der Waals surface area (Å²) in [7, 11) is 0.840. The van der Waals surface area contributed by atoms with Gasteiger partial charge in [-0.3, -0.25) is 24.6 Å². The van der Waals surface area contributed by atoms with Crippen molar-refractivity contribution in [2.24, 2.45) is 10.8 Å². The Bertz CT molecular complexity index is 2920. The summed E-state index contributed by atoms with van der Waals surface area (Å²) in [6.45, 7) is 3.47. The second-order valence-electron chi connectivity index (χ2n) is 21.4. The highest BCUT2D eigenvalue weighted by atomic mass is 19.4. The number of piperazine rings is 1. The summed E-state index contributed by atoms with van der Waals surface area (Å²) in [5, 5.41) is 32.3. The van der Waals surface area contributed by atoms with Crippen molar-refractivity contribution in [3.63, 3.8) is 0 Å². The third-order valence-electron chi connectivity index (χ3n) is 15.1. The minimum Gasteiger partial charge on any atom is -0.465 e. The Morgan fingerprint density at radius 3 is 1.96 bits per heavy atom. The van der Waals surface area contributed by atoms with Gasteiger partial charge in [0.05, 0.1) is 61.1 Å². The molecule has 4 aromatic rings. The van der Waals surface area contributed by atoms with Crippen molar-refractivity contribution in [3.8, 4) is 23.1 Å². The number of hydrogen-bond donors (Lipinski definition) is 6. The number of benzene rings is 2. The zero-order chi connectivity index (χ0) is 57.4. The van der Waals surface area contributed by atoms with Crippen LogP contribution in [0.1, 0.15) is 75.3 Å². The number of aliphatic hydroxyl groups is 1. The van der Waals surface area contributed by atoms with Crippen LogP contribution in [0.3, 0.4) is 0 Å². The molecular formula is C53H60F8N10O8. The number of rotatable bonds is 19. The van der Waals surface area contributed by atoms with Crippen LogP contribution in [0.4, 0.5) is 50.5 Å². The van der Waals surface area contributed by atoms with Gasteiger partial charge in [-0.25, -0.2) is 28.4 Å². The number of amides is 4. The Hall–Kier alpha value is -7.08. The van der Waals surface area contributed by atoms with E-state index in [1.54, 1.807) is 29.2 Å². The molecule has 1 aliphatic carbocycles. The van der Waals surface area contributed by atoms with E-state index in [0.717, 1.165) is 70.6 Å². The molecule has 2 aromatic carbocycles. The highest BCUT2D eigenvalue weighted by Crippen LogP contribution is 2.42. The first-order valence-corrected chi connectivity index (χ1v) is 25.3. The lowest BCUT2D eigenvalue weighted by atomic mass is 9.82. The minimum atomic E-state index is -5.23. The molecule has 3 saturated heterocycles. The van der Waals surface area contributed by atoms with Gasteiger partial charge in [0, 0.05) is 72.9 Å². The number of halogens is 8. The topological polar surface area (TPSA) is 216 Å². The number of fused-ring (bicyclic) bond motifs is 2. The first kappa shape index (κ1) is 58.1. The number of likely N-dealkylation sites (tertiary alicyclic amines) is 1. The highest BCUT2D eigenvalue weighted by Gasteiger charge is 2.57. The molecule has 79 heavy (non-hydrogen) atoms. The van der Waals surface area contributed by atoms with Gasteiger partial charge in [0.1, 0.15) is 29.5 Å². The summed E-state index contributed by atoms with van der Waals surface area (Å²) in [5.41, 5.74) is -3.33. The summed E-state index contributed by atoms with van der Waals surface area (Å²) in [6.07, 6.45) is -10.4. The Morgan fingerprint density at radius 1 is 0.810 bits per heavy atom. The van der Waals surface area contributed by atoms with Crippen molar-refractivity contribution in [2.75, 3.05) is 44.9 Å². The van der Waals surface area contributed by atoms with E-state index in [-0.39, 0.29) is 17.3 Å². The largest absolute Gasteiger partial charge is 0.465 e. The van der Waals surface area contributed by atoms with Crippen LogP contribution in [-0.2, 0) is 32.0 Å². The molecule has 0 radical (unpaired) electrons. The molecule has 5 heterocycles. The van der Waals surface area contributed by atoms with Crippen LogP contribution in [0.25, 0.3) is 11.3 Å². The number of alkyl carbamates (subject to hydrolysis) is 1. The van der Waals surface area contributed by atoms with Crippen molar-refractivity contribution in [3.05, 3.63) is 101 Å². The third-order valence-corrected chi connectivity index (χ3v) is 15.1. The standard InChI is InChI=1S/C53H60F8N10O8/c1-50(2,52(56,57)58)44(65-49(77)78-5)46(73)63-41(18-30-9-6-29(7-10-30)8-11-31-12-15-43(62-22-31)70-24-34-21-35(70)23-69(34)36-27-79-28-36)42(72)26-68(67-47(74)45(64-48(75)76)51(3,4)53(59,60)61)25-37-38(54)19-32(20-39(37)55)40-16-17-71(66-40)33-13-14-33/h6-7,9-10,12,15-17,19-20,22,33-36,41-42,44-45,64,72H,13-14,18,21,23-28H2,1-5H3,(H,63,73)(H,65,77)(H,67,74)(H,75,76)/t34-,35-,41+,42+,44-,45-/m1/s1. The molecule has 4 aliphatic rings. The first-order valence-electron chi connectivity index (χ1n) is 25.3. The molecule has 26 heteroatoms. The summed E-state index contributed by atoms with van der Waals surface area (Å²) >= 11 is 0. The Kier molecular flexibility index (Phi) is 16.9. The van der Waals surface area contributed by atoms with Gasteiger partial charge in [0.15, 0.2) is 0 Å². The van der Waals surface area contributed by atoms with E-state index < -0.39 is 108 Å². The van der Waals surface area contributed by atoms with Gasteiger partial charge < -0.3 is 40.5 Å². The fourth-order valence-electron chi connectivity index (χ4n) is 9.77. The number of aliphatic hydroxyl groups excluding tert-OH is 1. The molecule has 0 unspecified atom stereocenters. The van der Waals surface area contributed by atoms with Crippen molar-refractivity contribution in [1.29, 1.82) is 0 Å². The number of nitrogens with zero attached hydrogens (tertiary/aromatic N) is 6. The molecule has 6 atom stereocenters. The molecule has 4 fully saturated rings. The van der Waals surface area contributed by atoms with Crippen molar-refractivity contribution in [2.45, 2.75) is 121 Å². The molecule has 2 bridgehead atoms. The van der Waals surface area contributed by atoms with Crippen LogP contribution in [-0.4, -0.2) is 154 Å². The number of hydrazine groups is 1. The summed E-state index contributed by atoms with van der Waals surface area (Å²) in [5.74, 6) is 1.21. The lowest BCUT2D eigenvalue weighted by Crippen LogP contribution is -2.63. The van der Waals surface area contributed by atoms with E-state index in [1.807, 2.05) is 22.9 Å². The van der Waals surface area contributed by atoms with Crippen molar-refractivity contribution >= 4 is 29.8 Å². The quantitative estimate of drug-likeness (QED) is 0.0357. The van der Waals surface area contributed by atoms with E-state index in [1.165, 1.54) is 23.5 Å². The number of methoxy groups -OCH3 is 1.